The van der Waals surface area contributed by atoms with Gasteiger partial charge in [0.2, 0.25) is 0 Å². The minimum absolute atomic E-state index is 0.863. The molecule has 1 N–H and O–H groups in total. The van der Waals surface area contributed by atoms with Crippen LogP contribution in [0.1, 0.15) is 25.7 Å². The van der Waals surface area contributed by atoms with Gasteiger partial charge in [-0.25, -0.2) is 0 Å². The molecular formula is C10H16BrN3. The van der Waals surface area contributed by atoms with Crippen molar-refractivity contribution in [3.05, 3.63) is 10.8 Å². The topological polar surface area (TPSA) is 29.9 Å². The molecule has 14 heavy (non-hydrogen) atoms. The minimum atomic E-state index is 0.863. The molecule has 1 aromatic rings. The molecule has 0 spiro atoms. The molecule has 1 saturated carbocycles. The Hall–Kier alpha value is -0.510. The zero-order valence-electron chi connectivity index (χ0n) is 8.46. The van der Waals surface area contributed by atoms with Gasteiger partial charge in [-0.05, 0) is 34.7 Å². The van der Waals surface area contributed by atoms with E-state index in [0.717, 1.165) is 22.8 Å². The molecule has 1 aliphatic carbocycles. The molecule has 0 aliphatic heterocycles. The molecule has 78 valence electrons. The molecule has 1 heterocycles. The summed E-state index contributed by atoms with van der Waals surface area (Å²) < 4.78 is 2.87. The quantitative estimate of drug-likeness (QED) is 0.903. The number of aryl methyl sites for hydroxylation is 1. The third kappa shape index (κ3) is 2.11. The number of nitrogens with zero attached hydrogens (tertiary/aromatic N) is 2. The fourth-order valence-electron chi connectivity index (χ4n) is 2.01. The van der Waals surface area contributed by atoms with E-state index in [2.05, 4.69) is 26.3 Å². The molecule has 3 nitrogen and oxygen atoms in total. The van der Waals surface area contributed by atoms with E-state index in [-0.39, 0.29) is 0 Å². The van der Waals surface area contributed by atoms with Crippen molar-refractivity contribution in [3.63, 3.8) is 0 Å². The van der Waals surface area contributed by atoms with Gasteiger partial charge in [0, 0.05) is 13.6 Å². The second-order valence-electron chi connectivity index (χ2n) is 4.00. The van der Waals surface area contributed by atoms with Crippen molar-refractivity contribution in [3.8, 4) is 0 Å². The van der Waals surface area contributed by atoms with Gasteiger partial charge in [0.05, 0.1) is 11.9 Å². The molecule has 0 saturated heterocycles. The van der Waals surface area contributed by atoms with Gasteiger partial charge in [-0.15, -0.1) is 0 Å². The summed E-state index contributed by atoms with van der Waals surface area (Å²) in [6.07, 6.45) is 7.44. The molecule has 0 unspecified atom stereocenters. The fraction of sp³-hybridized carbons (Fsp3) is 0.700. The highest BCUT2D eigenvalue weighted by Gasteiger charge is 2.15. The van der Waals surface area contributed by atoms with Crippen LogP contribution in [0.4, 0.5) is 5.69 Å². The first-order chi connectivity index (χ1) is 6.77. The van der Waals surface area contributed by atoms with Gasteiger partial charge in [-0.2, -0.15) is 5.10 Å². The van der Waals surface area contributed by atoms with Gasteiger partial charge >= 0.3 is 0 Å². The summed E-state index contributed by atoms with van der Waals surface area (Å²) in [5.74, 6) is 0.863. The smallest absolute Gasteiger partial charge is 0.126 e. The van der Waals surface area contributed by atoms with Crippen molar-refractivity contribution in [2.45, 2.75) is 25.7 Å². The molecule has 1 aromatic heterocycles. The second kappa shape index (κ2) is 4.34. The van der Waals surface area contributed by atoms with Crippen LogP contribution in [0.15, 0.2) is 10.8 Å². The van der Waals surface area contributed by atoms with E-state index in [0.29, 0.717) is 0 Å². The first-order valence-corrected chi connectivity index (χ1v) is 5.98. The van der Waals surface area contributed by atoms with Gasteiger partial charge in [-0.3, -0.25) is 4.68 Å². The summed E-state index contributed by atoms with van der Waals surface area (Å²) >= 11 is 3.50. The van der Waals surface area contributed by atoms with Crippen molar-refractivity contribution in [1.29, 1.82) is 0 Å². The Kier molecular flexibility index (Phi) is 3.11. The monoisotopic (exact) mass is 257 g/mol. The summed E-state index contributed by atoms with van der Waals surface area (Å²) in [6.45, 7) is 1.09. The van der Waals surface area contributed by atoms with Crippen LogP contribution in [-0.4, -0.2) is 16.3 Å². The van der Waals surface area contributed by atoms with E-state index < -0.39 is 0 Å². The van der Waals surface area contributed by atoms with E-state index in [9.17, 15) is 0 Å². The first kappa shape index (κ1) is 10.0. The summed E-state index contributed by atoms with van der Waals surface area (Å²) in [5, 5.41) is 7.61. The van der Waals surface area contributed by atoms with Crippen LogP contribution < -0.4 is 5.32 Å². The Balaban J connectivity index is 1.88. The predicted octanol–water partition coefficient (Wildman–Crippen LogP) is 2.78. The van der Waals surface area contributed by atoms with E-state index >= 15 is 0 Å². The highest BCUT2D eigenvalue weighted by molar-refractivity contribution is 9.10. The number of halogens is 1. The molecule has 0 amide bonds. The zero-order valence-corrected chi connectivity index (χ0v) is 10.0. The second-order valence-corrected chi connectivity index (χ2v) is 4.76. The summed E-state index contributed by atoms with van der Waals surface area (Å²) in [4.78, 5) is 0. The Labute approximate surface area is 93.0 Å². The van der Waals surface area contributed by atoms with Crippen molar-refractivity contribution in [1.82, 2.24) is 9.78 Å². The maximum absolute atomic E-state index is 4.17. The zero-order chi connectivity index (χ0) is 9.97. The number of anilines is 1. The Morgan fingerprint density at radius 2 is 2.29 bits per heavy atom. The third-order valence-corrected chi connectivity index (χ3v) is 3.86. The van der Waals surface area contributed by atoms with Crippen molar-refractivity contribution >= 4 is 21.6 Å². The van der Waals surface area contributed by atoms with E-state index in [1.165, 1.54) is 25.7 Å². The lowest BCUT2D eigenvalue weighted by Gasteiger charge is -2.10. The maximum atomic E-state index is 4.17. The van der Waals surface area contributed by atoms with Gasteiger partial charge < -0.3 is 5.32 Å². The average molecular weight is 258 g/mol. The number of aromatic nitrogens is 2. The number of nitrogens with one attached hydrogen (secondary N) is 1. The molecule has 0 atom stereocenters. The van der Waals surface area contributed by atoms with Crippen LogP contribution >= 0.6 is 15.9 Å². The highest BCUT2D eigenvalue weighted by Crippen LogP contribution is 2.26. The van der Waals surface area contributed by atoms with Crippen LogP contribution in [-0.2, 0) is 7.05 Å². The lowest BCUT2D eigenvalue weighted by molar-refractivity contribution is 0.579. The Bertz CT molecular complexity index is 302. The third-order valence-electron chi connectivity index (χ3n) is 2.92. The van der Waals surface area contributed by atoms with Crippen molar-refractivity contribution in [2.75, 3.05) is 11.9 Å². The van der Waals surface area contributed by atoms with Gasteiger partial charge in [-0.1, -0.05) is 12.8 Å². The molecular weight excluding hydrogens is 242 g/mol. The van der Waals surface area contributed by atoms with Crippen molar-refractivity contribution in [2.24, 2.45) is 13.0 Å². The summed E-state index contributed by atoms with van der Waals surface area (Å²) in [5.41, 5.74) is 1.11. The lowest BCUT2D eigenvalue weighted by Crippen LogP contribution is -2.10. The van der Waals surface area contributed by atoms with E-state index in [1.807, 2.05) is 17.9 Å². The summed E-state index contributed by atoms with van der Waals surface area (Å²) in [7, 11) is 1.94. The van der Waals surface area contributed by atoms with E-state index in [4.69, 9.17) is 0 Å². The van der Waals surface area contributed by atoms with Crippen LogP contribution in [0.3, 0.4) is 0 Å². The fourth-order valence-corrected chi connectivity index (χ4v) is 2.34. The number of rotatable bonds is 3. The normalized spacial score (nSPS) is 17.6. The molecule has 0 radical (unpaired) electrons. The molecule has 0 aromatic carbocycles. The van der Waals surface area contributed by atoms with E-state index in [1.54, 1.807) is 0 Å². The van der Waals surface area contributed by atoms with Crippen LogP contribution in [0, 0.1) is 5.92 Å². The maximum Gasteiger partial charge on any atom is 0.126 e. The highest BCUT2D eigenvalue weighted by atomic mass is 79.9. The van der Waals surface area contributed by atoms with Crippen LogP contribution in [0.2, 0.25) is 0 Å². The number of hydrogen-bond donors (Lipinski definition) is 1. The molecule has 0 bridgehead atoms. The Morgan fingerprint density at radius 3 is 2.86 bits per heavy atom. The molecule has 2 rings (SSSR count). The summed E-state index contributed by atoms with van der Waals surface area (Å²) in [6, 6.07) is 0. The van der Waals surface area contributed by atoms with Crippen molar-refractivity contribution < 1.29 is 0 Å². The molecule has 4 heteroatoms. The predicted molar refractivity (Wildman–Crippen MR) is 61.4 cm³/mol. The molecule has 1 aliphatic rings. The van der Waals surface area contributed by atoms with Gasteiger partial charge in [0.25, 0.3) is 0 Å². The first-order valence-electron chi connectivity index (χ1n) is 5.18. The van der Waals surface area contributed by atoms with Crippen LogP contribution in [0.25, 0.3) is 0 Å². The minimum Gasteiger partial charge on any atom is -0.381 e. The van der Waals surface area contributed by atoms with Crippen LogP contribution in [0.5, 0.6) is 0 Å². The molecule has 1 fully saturated rings. The average Bonchev–Trinajstić information content (AvgIpc) is 2.77. The SMILES string of the molecule is Cn1ncc(NCC2CCCC2)c1Br. The lowest BCUT2D eigenvalue weighted by atomic mass is 10.1. The van der Waals surface area contributed by atoms with Gasteiger partial charge in [0.1, 0.15) is 4.60 Å². The number of hydrogen-bond acceptors (Lipinski definition) is 2. The standard InChI is InChI=1S/C10H16BrN3/c1-14-10(11)9(7-13-14)12-6-8-4-2-3-5-8/h7-8,12H,2-6H2,1H3. The van der Waals surface area contributed by atoms with Gasteiger partial charge in [0.15, 0.2) is 0 Å². The Morgan fingerprint density at radius 1 is 1.57 bits per heavy atom. The largest absolute Gasteiger partial charge is 0.381 e.